The van der Waals surface area contributed by atoms with Crippen molar-refractivity contribution in [2.24, 2.45) is 5.73 Å². The fraction of sp³-hybridized carbons (Fsp3) is 0.0714. The lowest BCUT2D eigenvalue weighted by molar-refractivity contribution is 0.306. The molecule has 0 bridgehead atoms. The molecule has 104 valence electrons. The van der Waals surface area contributed by atoms with Crippen molar-refractivity contribution < 1.29 is 4.74 Å². The average Bonchev–Trinajstić information content (AvgIpc) is 2.38. The molecule has 0 amide bonds. The van der Waals surface area contributed by atoms with Gasteiger partial charge in [-0.3, -0.25) is 0 Å². The summed E-state index contributed by atoms with van der Waals surface area (Å²) in [5.41, 5.74) is 7.13. The van der Waals surface area contributed by atoms with E-state index in [4.69, 9.17) is 45.9 Å². The Morgan fingerprint density at radius 1 is 1.15 bits per heavy atom. The van der Waals surface area contributed by atoms with Crippen LogP contribution < -0.4 is 10.5 Å². The van der Waals surface area contributed by atoms with Crippen LogP contribution in [0.4, 0.5) is 0 Å². The summed E-state index contributed by atoms with van der Waals surface area (Å²) in [6, 6.07) is 10.8. The van der Waals surface area contributed by atoms with Gasteiger partial charge in [0.2, 0.25) is 0 Å². The number of hydrogen-bond acceptors (Lipinski definition) is 2. The van der Waals surface area contributed by atoms with E-state index in [9.17, 15) is 0 Å². The van der Waals surface area contributed by atoms with Crippen molar-refractivity contribution in [2.75, 3.05) is 0 Å². The molecule has 0 aliphatic rings. The first-order valence-corrected chi connectivity index (χ1v) is 7.59. The van der Waals surface area contributed by atoms with Crippen LogP contribution in [0.1, 0.15) is 11.1 Å². The molecule has 0 saturated carbocycles. The zero-order chi connectivity index (χ0) is 14.7. The van der Waals surface area contributed by atoms with Gasteiger partial charge in [-0.25, -0.2) is 0 Å². The number of hydrogen-bond donors (Lipinski definition) is 1. The van der Waals surface area contributed by atoms with Crippen LogP contribution in [0, 0.1) is 0 Å². The molecule has 6 heteroatoms. The monoisotopic (exact) mass is 389 g/mol. The van der Waals surface area contributed by atoms with Gasteiger partial charge in [0.15, 0.2) is 0 Å². The van der Waals surface area contributed by atoms with Crippen LogP contribution in [0.2, 0.25) is 10.0 Å². The predicted molar refractivity (Wildman–Crippen MR) is 90.8 cm³/mol. The fourth-order valence-electron chi connectivity index (χ4n) is 1.57. The predicted octanol–water partition coefficient (Wildman–Crippen LogP) is 4.97. The third-order valence-corrected chi connectivity index (χ3v) is 3.99. The van der Waals surface area contributed by atoms with E-state index < -0.39 is 0 Å². The van der Waals surface area contributed by atoms with Crippen LogP contribution in [0.15, 0.2) is 40.9 Å². The Balaban J connectivity index is 2.13. The highest BCUT2D eigenvalue weighted by atomic mass is 79.9. The molecule has 0 aromatic heterocycles. The molecule has 2 N–H and O–H groups in total. The Kier molecular flexibility index (Phi) is 5.27. The molecule has 2 rings (SSSR count). The van der Waals surface area contributed by atoms with E-state index in [1.165, 1.54) is 0 Å². The lowest BCUT2D eigenvalue weighted by Gasteiger charge is -2.10. The number of ether oxygens (including phenoxy) is 1. The Hall–Kier alpha value is -0.810. The van der Waals surface area contributed by atoms with Crippen molar-refractivity contribution >= 4 is 56.3 Å². The van der Waals surface area contributed by atoms with Gasteiger partial charge in [0.1, 0.15) is 17.3 Å². The topological polar surface area (TPSA) is 35.2 Å². The van der Waals surface area contributed by atoms with Gasteiger partial charge in [0.25, 0.3) is 0 Å². The summed E-state index contributed by atoms with van der Waals surface area (Å²) in [5, 5.41) is 1.10. The molecule has 2 aromatic rings. The standard InChI is InChI=1S/C14H10BrCl2NOS/c15-10-3-1-9(11(16)6-10)7-19-13-4-2-8(14(18)20)5-12(13)17/h1-6H,7H2,(H2,18,20). The molecule has 0 atom stereocenters. The molecule has 0 radical (unpaired) electrons. The maximum absolute atomic E-state index is 6.13. The van der Waals surface area contributed by atoms with Crippen LogP contribution in [-0.2, 0) is 6.61 Å². The lowest BCUT2D eigenvalue weighted by atomic mass is 10.2. The quantitative estimate of drug-likeness (QED) is 0.748. The second-order valence-electron chi connectivity index (χ2n) is 4.03. The first kappa shape index (κ1) is 15.6. The molecule has 2 nitrogen and oxygen atoms in total. The number of rotatable bonds is 4. The van der Waals surface area contributed by atoms with Gasteiger partial charge in [0.05, 0.1) is 5.02 Å². The molecule has 2 aromatic carbocycles. The van der Waals surface area contributed by atoms with Gasteiger partial charge in [-0.2, -0.15) is 0 Å². The van der Waals surface area contributed by atoms with Crippen LogP contribution in [-0.4, -0.2) is 4.99 Å². The second kappa shape index (κ2) is 6.76. The molecule has 0 unspecified atom stereocenters. The van der Waals surface area contributed by atoms with E-state index in [0.717, 1.165) is 10.0 Å². The normalized spacial score (nSPS) is 10.3. The highest BCUT2D eigenvalue weighted by molar-refractivity contribution is 9.10. The lowest BCUT2D eigenvalue weighted by Crippen LogP contribution is -2.09. The smallest absolute Gasteiger partial charge is 0.138 e. The van der Waals surface area contributed by atoms with Gasteiger partial charge < -0.3 is 10.5 Å². The van der Waals surface area contributed by atoms with E-state index in [1.807, 2.05) is 18.2 Å². The third kappa shape index (κ3) is 3.85. The summed E-state index contributed by atoms with van der Waals surface area (Å²) in [7, 11) is 0. The Morgan fingerprint density at radius 3 is 2.50 bits per heavy atom. The van der Waals surface area contributed by atoms with Crippen molar-refractivity contribution in [2.45, 2.75) is 6.61 Å². The zero-order valence-corrected chi connectivity index (χ0v) is 14.1. The maximum Gasteiger partial charge on any atom is 0.138 e. The van der Waals surface area contributed by atoms with Crippen molar-refractivity contribution in [3.63, 3.8) is 0 Å². The molecule has 20 heavy (non-hydrogen) atoms. The van der Waals surface area contributed by atoms with Crippen molar-refractivity contribution in [1.29, 1.82) is 0 Å². The van der Waals surface area contributed by atoms with Crippen molar-refractivity contribution in [1.82, 2.24) is 0 Å². The average molecular weight is 391 g/mol. The largest absolute Gasteiger partial charge is 0.487 e. The van der Waals surface area contributed by atoms with Crippen LogP contribution in [0.5, 0.6) is 5.75 Å². The van der Waals surface area contributed by atoms with E-state index in [0.29, 0.717) is 33.0 Å². The number of benzene rings is 2. The number of thiocarbonyl (C=S) groups is 1. The Labute approximate surface area is 141 Å². The minimum atomic E-state index is 0.300. The highest BCUT2D eigenvalue weighted by Crippen LogP contribution is 2.28. The van der Waals surface area contributed by atoms with E-state index in [1.54, 1.807) is 18.2 Å². The molecular weight excluding hydrogens is 381 g/mol. The first-order chi connectivity index (χ1) is 9.47. The molecule has 0 aliphatic heterocycles. The Bertz CT molecular complexity index is 664. The summed E-state index contributed by atoms with van der Waals surface area (Å²) in [4.78, 5) is 0.300. The second-order valence-corrected chi connectivity index (χ2v) is 6.20. The summed E-state index contributed by atoms with van der Waals surface area (Å²) in [6.07, 6.45) is 0. The molecular formula is C14H10BrCl2NOS. The molecule has 0 spiro atoms. The minimum Gasteiger partial charge on any atom is -0.487 e. The fourth-order valence-corrected chi connectivity index (χ4v) is 2.66. The van der Waals surface area contributed by atoms with Crippen molar-refractivity contribution in [3.8, 4) is 5.75 Å². The highest BCUT2D eigenvalue weighted by Gasteiger charge is 2.07. The molecule has 0 saturated heterocycles. The molecule has 0 heterocycles. The summed E-state index contributed by atoms with van der Waals surface area (Å²) >= 11 is 20.5. The van der Waals surface area contributed by atoms with Crippen LogP contribution in [0.3, 0.4) is 0 Å². The minimum absolute atomic E-state index is 0.300. The first-order valence-electron chi connectivity index (χ1n) is 5.63. The van der Waals surface area contributed by atoms with Gasteiger partial charge in [-0.05, 0) is 30.3 Å². The van der Waals surface area contributed by atoms with Gasteiger partial charge >= 0.3 is 0 Å². The van der Waals surface area contributed by atoms with Crippen LogP contribution in [0.25, 0.3) is 0 Å². The summed E-state index contributed by atoms with van der Waals surface area (Å²) in [6.45, 7) is 0.332. The Morgan fingerprint density at radius 2 is 1.90 bits per heavy atom. The number of halogens is 3. The van der Waals surface area contributed by atoms with E-state index in [2.05, 4.69) is 15.9 Å². The van der Waals surface area contributed by atoms with Gasteiger partial charge in [-0.1, -0.05) is 57.4 Å². The SMILES string of the molecule is NC(=S)c1ccc(OCc2ccc(Br)cc2Cl)c(Cl)c1. The van der Waals surface area contributed by atoms with Gasteiger partial charge in [-0.15, -0.1) is 0 Å². The molecule has 0 fully saturated rings. The van der Waals surface area contributed by atoms with Crippen LogP contribution >= 0.6 is 51.3 Å². The number of nitrogens with two attached hydrogens (primary N) is 1. The molecule has 0 aliphatic carbocycles. The van der Waals surface area contributed by atoms with Crippen molar-refractivity contribution in [3.05, 3.63) is 62.0 Å². The van der Waals surface area contributed by atoms with E-state index >= 15 is 0 Å². The summed E-state index contributed by atoms with van der Waals surface area (Å²) in [5.74, 6) is 0.561. The zero-order valence-electron chi connectivity index (χ0n) is 10.2. The third-order valence-electron chi connectivity index (χ3n) is 2.61. The summed E-state index contributed by atoms with van der Waals surface area (Å²) < 4.78 is 6.58. The van der Waals surface area contributed by atoms with E-state index in [-0.39, 0.29) is 0 Å². The van der Waals surface area contributed by atoms with Gasteiger partial charge in [0, 0.05) is 20.6 Å². The maximum atomic E-state index is 6.13.